The number of hydrogen-bond donors (Lipinski definition) is 1. The van der Waals surface area contributed by atoms with Crippen molar-refractivity contribution in [3.63, 3.8) is 0 Å². The van der Waals surface area contributed by atoms with Crippen molar-refractivity contribution in [1.29, 1.82) is 0 Å². The summed E-state index contributed by atoms with van der Waals surface area (Å²) in [5.74, 6) is 3.94. The zero-order valence-corrected chi connectivity index (χ0v) is 23.1. The third-order valence-electron chi connectivity index (χ3n) is 8.82. The van der Waals surface area contributed by atoms with Gasteiger partial charge >= 0.3 is 6.03 Å². The van der Waals surface area contributed by atoms with Crippen molar-refractivity contribution in [3.8, 4) is 23.8 Å². The van der Waals surface area contributed by atoms with Gasteiger partial charge in [-0.05, 0) is 110 Å². The number of halogens is 1. The molecule has 2 aromatic rings. The smallest absolute Gasteiger partial charge is 0.335 e. The lowest BCUT2D eigenvalue weighted by Gasteiger charge is -2.57. The molecule has 1 heterocycles. The van der Waals surface area contributed by atoms with Crippen molar-refractivity contribution in [3.05, 3.63) is 58.1 Å². The van der Waals surface area contributed by atoms with Crippen LogP contribution >= 0.6 is 11.6 Å². The number of nitrogens with zero attached hydrogens (tertiary/aromatic N) is 1. The number of rotatable bonds is 7. The zero-order valence-electron chi connectivity index (χ0n) is 22.4. The predicted molar refractivity (Wildman–Crippen MR) is 152 cm³/mol. The fourth-order valence-electron chi connectivity index (χ4n) is 7.67. The second kappa shape index (κ2) is 10.3. The second-order valence-corrected chi connectivity index (χ2v) is 11.9. The van der Waals surface area contributed by atoms with E-state index in [1.165, 1.54) is 50.2 Å². The normalized spacial score (nSPS) is 28.0. The van der Waals surface area contributed by atoms with Crippen molar-refractivity contribution in [2.45, 2.75) is 50.9 Å². The van der Waals surface area contributed by atoms with Gasteiger partial charge in [0.15, 0.2) is 11.5 Å². The quantitative estimate of drug-likeness (QED) is 0.260. The molecule has 4 saturated carbocycles. The summed E-state index contributed by atoms with van der Waals surface area (Å²) in [7, 11) is 0. The fraction of sp³-hybridized carbons (Fsp3) is 0.406. The first kappa shape index (κ1) is 26.5. The van der Waals surface area contributed by atoms with Gasteiger partial charge in [-0.1, -0.05) is 29.7 Å². The van der Waals surface area contributed by atoms with Crippen LogP contribution in [-0.4, -0.2) is 31.1 Å². The van der Waals surface area contributed by atoms with Crippen LogP contribution in [0.5, 0.6) is 11.5 Å². The Labute approximate surface area is 238 Å². The number of benzene rings is 2. The van der Waals surface area contributed by atoms with Crippen LogP contribution in [0.25, 0.3) is 6.08 Å². The first-order chi connectivity index (χ1) is 19.3. The number of barbiturate groups is 1. The highest BCUT2D eigenvalue weighted by Crippen LogP contribution is 2.60. The van der Waals surface area contributed by atoms with E-state index in [9.17, 15) is 14.4 Å². The molecule has 8 heteroatoms. The zero-order chi connectivity index (χ0) is 28.0. The van der Waals surface area contributed by atoms with Gasteiger partial charge < -0.3 is 9.47 Å². The van der Waals surface area contributed by atoms with Gasteiger partial charge in [0, 0.05) is 0 Å². The van der Waals surface area contributed by atoms with E-state index in [1.807, 2.05) is 12.1 Å². The molecule has 4 amide bonds. The predicted octanol–water partition coefficient (Wildman–Crippen LogP) is 5.88. The van der Waals surface area contributed by atoms with Gasteiger partial charge in [0.1, 0.15) is 12.2 Å². The number of nitrogens with one attached hydrogen (secondary N) is 1. The molecule has 5 fully saturated rings. The molecule has 5 aliphatic rings. The van der Waals surface area contributed by atoms with Gasteiger partial charge in [-0.25, -0.2) is 9.69 Å². The third-order valence-corrected chi connectivity index (χ3v) is 9.10. The monoisotopic (exact) mass is 558 g/mol. The summed E-state index contributed by atoms with van der Waals surface area (Å²) < 4.78 is 11.2. The SMILES string of the molecule is C#CCOc1c(Cl)cc(/C=C2\C(=O)NC(=O)N(c3ccc(C45CC6CC(CC(C6)C4)C5)cc3)C2=O)cc1OCC. The van der Waals surface area contributed by atoms with Crippen molar-refractivity contribution < 1.29 is 23.9 Å². The molecule has 2 aromatic carbocycles. The standard InChI is InChI=1S/C32H31ClN2O5/c1-3-9-40-28-26(33)14-19(15-27(28)39-4-2)13-25-29(36)34-31(38)35(30(25)37)24-7-5-23(6-8-24)32-16-20-10-21(17-32)12-22(11-20)18-32/h1,5-8,13-15,20-22H,4,9-12,16-18H2,2H3,(H,34,36,38)/b25-13+. The number of terminal acetylenes is 1. The molecule has 7 rings (SSSR count). The Kier molecular flexibility index (Phi) is 6.83. The molecule has 0 aromatic heterocycles. The van der Waals surface area contributed by atoms with Gasteiger partial charge in [-0.15, -0.1) is 6.42 Å². The maximum atomic E-state index is 13.5. The largest absolute Gasteiger partial charge is 0.490 e. The average Bonchev–Trinajstić information content (AvgIpc) is 2.90. The van der Waals surface area contributed by atoms with Gasteiger partial charge in [-0.3, -0.25) is 14.9 Å². The summed E-state index contributed by atoms with van der Waals surface area (Å²) in [6.07, 6.45) is 14.4. The summed E-state index contributed by atoms with van der Waals surface area (Å²) >= 11 is 6.42. The van der Waals surface area contributed by atoms with E-state index >= 15 is 0 Å². The summed E-state index contributed by atoms with van der Waals surface area (Å²) in [6.45, 7) is 2.14. The van der Waals surface area contributed by atoms with Gasteiger partial charge in [-0.2, -0.15) is 0 Å². The Balaban J connectivity index is 1.28. The topological polar surface area (TPSA) is 84.9 Å². The summed E-state index contributed by atoms with van der Waals surface area (Å²) in [5.41, 5.74) is 2.15. The molecule has 0 unspecified atom stereocenters. The molecule has 4 aliphatic carbocycles. The fourth-order valence-corrected chi connectivity index (χ4v) is 7.95. The van der Waals surface area contributed by atoms with Gasteiger partial charge in [0.2, 0.25) is 0 Å². The van der Waals surface area contributed by atoms with Crippen LogP contribution in [0.2, 0.25) is 5.02 Å². The number of ether oxygens (including phenoxy) is 2. The highest BCUT2D eigenvalue weighted by Gasteiger charge is 2.51. The first-order valence-corrected chi connectivity index (χ1v) is 14.2. The van der Waals surface area contributed by atoms with Crippen LogP contribution in [0.4, 0.5) is 10.5 Å². The van der Waals surface area contributed by atoms with Crippen molar-refractivity contribution >= 4 is 41.2 Å². The minimum Gasteiger partial charge on any atom is -0.490 e. The van der Waals surface area contributed by atoms with E-state index < -0.39 is 17.8 Å². The summed E-state index contributed by atoms with van der Waals surface area (Å²) in [6, 6.07) is 10.1. The molecular formula is C32H31ClN2O5. The number of urea groups is 1. The van der Waals surface area contributed by atoms with E-state index in [0.29, 0.717) is 23.6 Å². The molecule has 0 spiro atoms. The lowest BCUT2D eigenvalue weighted by atomic mass is 9.48. The molecule has 1 N–H and O–H groups in total. The highest BCUT2D eigenvalue weighted by atomic mass is 35.5. The lowest BCUT2D eigenvalue weighted by molar-refractivity contribution is -0.122. The Bertz CT molecular complexity index is 1420. The van der Waals surface area contributed by atoms with Crippen molar-refractivity contribution in [2.24, 2.45) is 17.8 Å². The molecule has 40 heavy (non-hydrogen) atoms. The average molecular weight is 559 g/mol. The molecule has 0 radical (unpaired) electrons. The third kappa shape index (κ3) is 4.65. The molecule has 0 atom stereocenters. The molecule has 7 nitrogen and oxygen atoms in total. The van der Waals surface area contributed by atoms with Crippen molar-refractivity contribution in [1.82, 2.24) is 5.32 Å². The number of imide groups is 2. The summed E-state index contributed by atoms with van der Waals surface area (Å²) in [5, 5.41) is 2.51. The van der Waals surface area contributed by atoms with Crippen LogP contribution in [0.3, 0.4) is 0 Å². The maximum Gasteiger partial charge on any atom is 0.335 e. The number of carbonyl (C=O) groups is 3. The van der Waals surface area contributed by atoms with Crippen LogP contribution < -0.4 is 19.7 Å². The van der Waals surface area contributed by atoms with E-state index in [4.69, 9.17) is 27.5 Å². The molecule has 4 bridgehead atoms. The first-order valence-electron chi connectivity index (χ1n) is 13.8. The van der Waals surface area contributed by atoms with Gasteiger partial charge in [0.25, 0.3) is 11.8 Å². The van der Waals surface area contributed by atoms with E-state index in [1.54, 1.807) is 19.1 Å². The maximum absolute atomic E-state index is 13.5. The van der Waals surface area contributed by atoms with Crippen molar-refractivity contribution in [2.75, 3.05) is 18.1 Å². The number of anilines is 1. The molecule has 1 saturated heterocycles. The highest BCUT2D eigenvalue weighted by molar-refractivity contribution is 6.39. The van der Waals surface area contributed by atoms with Crippen LogP contribution in [-0.2, 0) is 15.0 Å². The Morgan fingerprint density at radius 1 is 1.05 bits per heavy atom. The Morgan fingerprint density at radius 2 is 1.70 bits per heavy atom. The van der Waals surface area contributed by atoms with Crippen LogP contribution in [0, 0.1) is 30.1 Å². The number of carbonyl (C=O) groups excluding carboxylic acids is 3. The molecule has 206 valence electrons. The van der Waals surface area contributed by atoms with Gasteiger partial charge in [0.05, 0.1) is 17.3 Å². The second-order valence-electron chi connectivity index (χ2n) is 11.5. The van der Waals surface area contributed by atoms with E-state index in [2.05, 4.69) is 23.4 Å². The van der Waals surface area contributed by atoms with Crippen LogP contribution in [0.1, 0.15) is 56.6 Å². The Hall–Kier alpha value is -3.76. The molecule has 1 aliphatic heterocycles. The van der Waals surface area contributed by atoms with E-state index in [-0.39, 0.29) is 28.4 Å². The minimum absolute atomic E-state index is 0.000151. The molecular weight excluding hydrogens is 528 g/mol. The summed E-state index contributed by atoms with van der Waals surface area (Å²) in [4.78, 5) is 40.1. The number of amides is 4. The van der Waals surface area contributed by atoms with Crippen LogP contribution in [0.15, 0.2) is 42.0 Å². The Morgan fingerprint density at radius 3 is 2.30 bits per heavy atom. The van der Waals surface area contributed by atoms with E-state index in [0.717, 1.165) is 22.7 Å². The minimum atomic E-state index is -0.779. The number of hydrogen-bond acceptors (Lipinski definition) is 5. The lowest BCUT2D eigenvalue weighted by Crippen LogP contribution is -2.54.